The smallest absolute Gasteiger partial charge is 0.232 e. The summed E-state index contributed by atoms with van der Waals surface area (Å²) >= 11 is 0. The Hall–Kier alpha value is -1.95. The molecule has 2 rings (SSSR count). The first-order chi connectivity index (χ1) is 6.72. The number of terminal acetylenes is 1. The minimum absolute atomic E-state index is 0.0450. The highest BCUT2D eigenvalue weighted by Crippen LogP contribution is 2.29. The SMILES string of the molecule is C#CCN1C(=O)Cc2cc(N)ccc21. The highest BCUT2D eigenvalue weighted by molar-refractivity contribution is 6.02. The van der Waals surface area contributed by atoms with Crippen molar-refractivity contribution in [2.45, 2.75) is 6.42 Å². The zero-order valence-corrected chi connectivity index (χ0v) is 7.66. The van der Waals surface area contributed by atoms with E-state index in [4.69, 9.17) is 12.2 Å². The average molecular weight is 186 g/mol. The van der Waals surface area contributed by atoms with Gasteiger partial charge in [0.15, 0.2) is 0 Å². The van der Waals surface area contributed by atoms with Gasteiger partial charge in [0.2, 0.25) is 5.91 Å². The number of fused-ring (bicyclic) bond motifs is 1. The van der Waals surface area contributed by atoms with Crippen molar-refractivity contribution < 1.29 is 4.79 Å². The van der Waals surface area contributed by atoms with Crippen molar-refractivity contribution in [3.8, 4) is 12.3 Å². The lowest BCUT2D eigenvalue weighted by atomic mass is 10.1. The van der Waals surface area contributed by atoms with Gasteiger partial charge in [0.25, 0.3) is 0 Å². The van der Waals surface area contributed by atoms with Gasteiger partial charge < -0.3 is 10.6 Å². The molecule has 0 spiro atoms. The summed E-state index contributed by atoms with van der Waals surface area (Å²) in [7, 11) is 0. The second kappa shape index (κ2) is 3.08. The summed E-state index contributed by atoms with van der Waals surface area (Å²) in [4.78, 5) is 13.1. The third-order valence-corrected chi connectivity index (χ3v) is 2.29. The number of nitrogens with zero attached hydrogens (tertiary/aromatic N) is 1. The van der Waals surface area contributed by atoms with E-state index in [2.05, 4.69) is 5.92 Å². The van der Waals surface area contributed by atoms with Crippen LogP contribution in [0.5, 0.6) is 0 Å². The molecular weight excluding hydrogens is 176 g/mol. The first-order valence-corrected chi connectivity index (χ1v) is 4.34. The largest absolute Gasteiger partial charge is 0.399 e. The molecule has 1 heterocycles. The molecule has 0 atom stereocenters. The van der Waals surface area contributed by atoms with Crippen LogP contribution in [-0.2, 0) is 11.2 Å². The van der Waals surface area contributed by atoms with E-state index in [-0.39, 0.29) is 5.91 Å². The Morgan fingerprint density at radius 1 is 1.57 bits per heavy atom. The first kappa shape index (κ1) is 8.64. The summed E-state index contributed by atoms with van der Waals surface area (Å²) in [6.45, 7) is 0.329. The number of amides is 1. The molecule has 1 aromatic carbocycles. The number of rotatable bonds is 1. The van der Waals surface area contributed by atoms with E-state index < -0.39 is 0 Å². The van der Waals surface area contributed by atoms with Crippen LogP contribution in [0.4, 0.5) is 11.4 Å². The third kappa shape index (κ3) is 1.21. The van der Waals surface area contributed by atoms with Crippen LogP contribution < -0.4 is 10.6 Å². The summed E-state index contributed by atoms with van der Waals surface area (Å²) < 4.78 is 0. The molecule has 0 unspecified atom stereocenters. The lowest BCUT2D eigenvalue weighted by molar-refractivity contribution is -0.117. The molecule has 1 aliphatic heterocycles. The van der Waals surface area contributed by atoms with Gasteiger partial charge >= 0.3 is 0 Å². The fourth-order valence-corrected chi connectivity index (χ4v) is 1.67. The predicted molar refractivity (Wildman–Crippen MR) is 55.7 cm³/mol. The van der Waals surface area contributed by atoms with Gasteiger partial charge in [-0.25, -0.2) is 0 Å². The van der Waals surface area contributed by atoms with Crippen molar-refractivity contribution >= 4 is 17.3 Å². The van der Waals surface area contributed by atoms with Crippen LogP contribution in [0.2, 0.25) is 0 Å². The molecule has 1 aliphatic rings. The molecule has 2 N–H and O–H groups in total. The molecule has 70 valence electrons. The van der Waals surface area contributed by atoms with Gasteiger partial charge in [0.1, 0.15) is 0 Å². The first-order valence-electron chi connectivity index (χ1n) is 4.34. The molecule has 3 heteroatoms. The topological polar surface area (TPSA) is 46.3 Å². The minimum Gasteiger partial charge on any atom is -0.399 e. The van der Waals surface area contributed by atoms with Crippen LogP contribution in [0.1, 0.15) is 5.56 Å². The van der Waals surface area contributed by atoms with E-state index in [0.717, 1.165) is 11.3 Å². The van der Waals surface area contributed by atoms with Crippen LogP contribution in [0, 0.1) is 12.3 Å². The van der Waals surface area contributed by atoms with Gasteiger partial charge in [0, 0.05) is 11.4 Å². The Morgan fingerprint density at radius 2 is 2.36 bits per heavy atom. The van der Waals surface area contributed by atoms with Crippen molar-refractivity contribution in [1.29, 1.82) is 0 Å². The maximum Gasteiger partial charge on any atom is 0.232 e. The number of carbonyl (C=O) groups excluding carboxylic acids is 1. The summed E-state index contributed by atoms with van der Waals surface area (Å²) in [5.74, 6) is 2.51. The molecule has 0 aromatic heterocycles. The van der Waals surface area contributed by atoms with Gasteiger partial charge in [-0.15, -0.1) is 6.42 Å². The molecule has 3 nitrogen and oxygen atoms in total. The maximum atomic E-state index is 11.5. The van der Waals surface area contributed by atoms with E-state index >= 15 is 0 Å². The van der Waals surface area contributed by atoms with Crippen LogP contribution in [-0.4, -0.2) is 12.5 Å². The lowest BCUT2D eigenvalue weighted by Gasteiger charge is -2.13. The minimum atomic E-state index is 0.0450. The molecule has 0 radical (unpaired) electrons. The number of anilines is 2. The zero-order chi connectivity index (χ0) is 10.1. The summed E-state index contributed by atoms with van der Waals surface area (Å²) in [5.41, 5.74) is 8.16. The van der Waals surface area contributed by atoms with Crippen molar-refractivity contribution in [2.75, 3.05) is 17.2 Å². The Morgan fingerprint density at radius 3 is 3.07 bits per heavy atom. The third-order valence-electron chi connectivity index (χ3n) is 2.29. The second-order valence-electron chi connectivity index (χ2n) is 3.25. The molecule has 0 fully saturated rings. The fourth-order valence-electron chi connectivity index (χ4n) is 1.67. The monoisotopic (exact) mass is 186 g/mol. The molecule has 0 saturated heterocycles. The Balaban J connectivity index is 2.43. The van der Waals surface area contributed by atoms with E-state index in [1.807, 2.05) is 12.1 Å². The van der Waals surface area contributed by atoms with Gasteiger partial charge in [-0.2, -0.15) is 0 Å². The molecule has 14 heavy (non-hydrogen) atoms. The molecular formula is C11H10N2O. The van der Waals surface area contributed by atoms with Crippen LogP contribution in [0.25, 0.3) is 0 Å². The average Bonchev–Trinajstić information content (AvgIpc) is 2.43. The summed E-state index contributed by atoms with van der Waals surface area (Å²) in [6.07, 6.45) is 5.59. The number of benzene rings is 1. The van der Waals surface area contributed by atoms with Gasteiger partial charge in [-0.3, -0.25) is 4.79 Å². The fraction of sp³-hybridized carbons (Fsp3) is 0.182. The van der Waals surface area contributed by atoms with Crippen molar-refractivity contribution in [1.82, 2.24) is 0 Å². The lowest BCUT2D eigenvalue weighted by Crippen LogP contribution is -2.26. The van der Waals surface area contributed by atoms with Crippen LogP contribution in [0.3, 0.4) is 0 Å². The quantitative estimate of drug-likeness (QED) is 0.520. The van der Waals surface area contributed by atoms with E-state index in [9.17, 15) is 4.79 Å². The zero-order valence-electron chi connectivity index (χ0n) is 7.66. The molecule has 0 saturated carbocycles. The van der Waals surface area contributed by atoms with Crippen molar-refractivity contribution in [3.63, 3.8) is 0 Å². The predicted octanol–water partition coefficient (Wildman–Crippen LogP) is 0.791. The summed E-state index contributed by atoms with van der Waals surface area (Å²) in [6, 6.07) is 5.44. The van der Waals surface area contributed by atoms with E-state index in [0.29, 0.717) is 18.7 Å². The van der Waals surface area contributed by atoms with Crippen molar-refractivity contribution in [3.05, 3.63) is 23.8 Å². The Labute approximate surface area is 82.5 Å². The molecule has 0 bridgehead atoms. The standard InChI is InChI=1S/C11H10N2O/c1-2-5-13-10-4-3-9(12)6-8(10)7-11(13)14/h1,3-4,6H,5,7,12H2. The van der Waals surface area contributed by atoms with Gasteiger partial charge in [0.05, 0.1) is 13.0 Å². The molecule has 0 aliphatic carbocycles. The molecule has 1 amide bonds. The number of carbonyl (C=O) groups is 1. The highest BCUT2D eigenvalue weighted by Gasteiger charge is 2.26. The number of nitrogen functional groups attached to an aromatic ring is 1. The number of hydrogen-bond donors (Lipinski definition) is 1. The Bertz CT molecular complexity index is 431. The number of hydrogen-bond acceptors (Lipinski definition) is 2. The van der Waals surface area contributed by atoms with E-state index in [1.54, 1.807) is 11.0 Å². The highest BCUT2D eigenvalue weighted by atomic mass is 16.2. The summed E-state index contributed by atoms with van der Waals surface area (Å²) in [5, 5.41) is 0. The number of nitrogens with two attached hydrogens (primary N) is 1. The van der Waals surface area contributed by atoms with Crippen LogP contribution >= 0.6 is 0 Å². The maximum absolute atomic E-state index is 11.5. The van der Waals surface area contributed by atoms with E-state index in [1.165, 1.54) is 0 Å². The van der Waals surface area contributed by atoms with Gasteiger partial charge in [-0.05, 0) is 23.8 Å². The second-order valence-corrected chi connectivity index (χ2v) is 3.25. The Kier molecular flexibility index (Phi) is 1.90. The van der Waals surface area contributed by atoms with Crippen LogP contribution in [0.15, 0.2) is 18.2 Å². The molecule has 1 aromatic rings. The normalized spacial score (nSPS) is 13.9. The van der Waals surface area contributed by atoms with Crippen molar-refractivity contribution in [2.24, 2.45) is 0 Å². The van der Waals surface area contributed by atoms with Gasteiger partial charge in [-0.1, -0.05) is 5.92 Å².